The van der Waals surface area contributed by atoms with Gasteiger partial charge in [0.05, 0.1) is 11.2 Å². The molecule has 0 aromatic carbocycles. The number of unbranched alkanes of at least 4 members (excludes halogenated alkanes) is 2. The Labute approximate surface area is 101 Å². The maximum atomic E-state index is 5.93. The van der Waals surface area contributed by atoms with Crippen molar-refractivity contribution < 1.29 is 9.31 Å². The van der Waals surface area contributed by atoms with Crippen LogP contribution in [0.15, 0.2) is 12.1 Å². The summed E-state index contributed by atoms with van der Waals surface area (Å²) in [6, 6.07) is 0. The van der Waals surface area contributed by atoms with E-state index in [1.54, 1.807) is 0 Å². The topological polar surface area (TPSA) is 18.5 Å². The summed E-state index contributed by atoms with van der Waals surface area (Å²) in [4.78, 5) is 0. The van der Waals surface area contributed by atoms with E-state index in [0.717, 1.165) is 11.9 Å². The van der Waals surface area contributed by atoms with Crippen molar-refractivity contribution in [3.05, 3.63) is 12.1 Å². The Hall–Kier alpha value is -0.275. The number of hydrogen-bond donors (Lipinski definition) is 0. The summed E-state index contributed by atoms with van der Waals surface area (Å²) in [6.07, 6.45) is 4.67. The Bertz CT molecular complexity index is 243. The molecule has 0 radical (unpaired) electrons. The Morgan fingerprint density at radius 1 is 1.06 bits per heavy atom. The molecule has 1 rings (SSSR count). The number of rotatable bonds is 5. The van der Waals surface area contributed by atoms with Crippen LogP contribution in [-0.4, -0.2) is 18.3 Å². The smallest absolute Gasteiger partial charge is 0.400 e. The second-order valence-corrected chi connectivity index (χ2v) is 5.70. The molecule has 1 aliphatic rings. The summed E-state index contributed by atoms with van der Waals surface area (Å²) in [6.45, 7) is 14.6. The van der Waals surface area contributed by atoms with Gasteiger partial charge in [-0.15, -0.1) is 6.58 Å². The fraction of sp³-hybridized carbons (Fsp3) is 0.846. The molecule has 1 heterocycles. The normalized spacial score (nSPS) is 22.4. The molecule has 0 amide bonds. The van der Waals surface area contributed by atoms with Crippen LogP contribution in [0.2, 0.25) is 0 Å². The highest BCUT2D eigenvalue weighted by Gasteiger charge is 2.51. The minimum Gasteiger partial charge on any atom is -0.400 e. The van der Waals surface area contributed by atoms with Crippen molar-refractivity contribution in [2.24, 2.45) is 0 Å². The van der Waals surface area contributed by atoms with Crippen LogP contribution in [-0.2, 0) is 9.31 Å². The Morgan fingerprint density at radius 3 is 2.00 bits per heavy atom. The van der Waals surface area contributed by atoms with Crippen LogP contribution in [0.1, 0.15) is 60.3 Å². The summed E-state index contributed by atoms with van der Waals surface area (Å²) < 4.78 is 11.9. The highest BCUT2D eigenvalue weighted by molar-refractivity contribution is 6.54. The van der Waals surface area contributed by atoms with Crippen LogP contribution in [0.25, 0.3) is 0 Å². The van der Waals surface area contributed by atoms with E-state index >= 15 is 0 Å². The molecule has 0 aromatic heterocycles. The minimum absolute atomic E-state index is 0.221. The van der Waals surface area contributed by atoms with Gasteiger partial charge in [-0.3, -0.25) is 0 Å². The number of hydrogen-bond acceptors (Lipinski definition) is 2. The van der Waals surface area contributed by atoms with Crippen LogP contribution >= 0.6 is 0 Å². The molecule has 0 N–H and O–H groups in total. The van der Waals surface area contributed by atoms with Gasteiger partial charge < -0.3 is 9.31 Å². The zero-order valence-electron chi connectivity index (χ0n) is 11.4. The molecule has 0 saturated carbocycles. The third kappa shape index (κ3) is 2.89. The van der Waals surface area contributed by atoms with Crippen molar-refractivity contribution in [3.8, 4) is 0 Å². The van der Waals surface area contributed by atoms with Crippen molar-refractivity contribution in [2.45, 2.75) is 71.5 Å². The maximum absolute atomic E-state index is 5.93. The average molecular weight is 224 g/mol. The van der Waals surface area contributed by atoms with Crippen LogP contribution in [0, 0.1) is 0 Å². The third-order valence-corrected chi connectivity index (χ3v) is 3.69. The standard InChI is InChI=1S/C13H25BO2/c1-7-8-9-10-11(2)14-15-12(3,4)13(5,6)16-14/h2,7-10H2,1,3-6H3. The van der Waals surface area contributed by atoms with Gasteiger partial charge in [0, 0.05) is 0 Å². The predicted octanol–water partition coefficient (Wildman–Crippen LogP) is 3.75. The van der Waals surface area contributed by atoms with Gasteiger partial charge >= 0.3 is 7.12 Å². The van der Waals surface area contributed by atoms with E-state index in [9.17, 15) is 0 Å². The van der Waals surface area contributed by atoms with Gasteiger partial charge in [-0.05, 0) is 39.6 Å². The van der Waals surface area contributed by atoms with E-state index in [1.807, 2.05) is 0 Å². The lowest BCUT2D eigenvalue weighted by Gasteiger charge is -2.32. The summed E-state index contributed by atoms with van der Waals surface area (Å²) >= 11 is 0. The molecule has 0 aliphatic carbocycles. The minimum atomic E-state index is -0.245. The molecule has 3 heteroatoms. The van der Waals surface area contributed by atoms with Crippen LogP contribution in [0.4, 0.5) is 0 Å². The largest absolute Gasteiger partial charge is 0.489 e. The van der Waals surface area contributed by atoms with Crippen molar-refractivity contribution in [2.75, 3.05) is 0 Å². The first-order valence-electron chi connectivity index (χ1n) is 6.33. The van der Waals surface area contributed by atoms with Gasteiger partial charge in [-0.1, -0.05) is 26.2 Å². The summed E-state index contributed by atoms with van der Waals surface area (Å²) in [5.41, 5.74) is 0.587. The van der Waals surface area contributed by atoms with E-state index in [1.165, 1.54) is 19.3 Å². The SMILES string of the molecule is C=C(CCCCC)B1OC(C)(C)C(C)(C)O1. The summed E-state index contributed by atoms with van der Waals surface area (Å²) in [7, 11) is -0.221. The van der Waals surface area contributed by atoms with E-state index in [0.29, 0.717) is 0 Å². The second-order valence-electron chi connectivity index (χ2n) is 5.70. The Balaban J connectivity index is 2.49. The van der Waals surface area contributed by atoms with Crippen molar-refractivity contribution in [1.82, 2.24) is 0 Å². The molecule has 0 atom stereocenters. The lowest BCUT2D eigenvalue weighted by molar-refractivity contribution is 0.00578. The molecule has 16 heavy (non-hydrogen) atoms. The lowest BCUT2D eigenvalue weighted by Crippen LogP contribution is -2.41. The molecular formula is C13H25BO2. The van der Waals surface area contributed by atoms with Gasteiger partial charge in [-0.2, -0.15) is 0 Å². The maximum Gasteiger partial charge on any atom is 0.489 e. The van der Waals surface area contributed by atoms with Gasteiger partial charge in [-0.25, -0.2) is 0 Å². The fourth-order valence-electron chi connectivity index (χ4n) is 1.73. The zero-order valence-corrected chi connectivity index (χ0v) is 11.4. The van der Waals surface area contributed by atoms with Gasteiger partial charge in [0.2, 0.25) is 0 Å². The predicted molar refractivity (Wildman–Crippen MR) is 69.4 cm³/mol. The van der Waals surface area contributed by atoms with Crippen LogP contribution in [0.3, 0.4) is 0 Å². The van der Waals surface area contributed by atoms with E-state index in [-0.39, 0.29) is 18.3 Å². The quantitative estimate of drug-likeness (QED) is 0.523. The highest BCUT2D eigenvalue weighted by atomic mass is 16.7. The van der Waals surface area contributed by atoms with Crippen molar-refractivity contribution >= 4 is 7.12 Å². The van der Waals surface area contributed by atoms with E-state index in [4.69, 9.17) is 9.31 Å². The van der Waals surface area contributed by atoms with E-state index < -0.39 is 0 Å². The zero-order chi connectivity index (χ0) is 12.4. The van der Waals surface area contributed by atoms with Crippen LogP contribution in [0.5, 0.6) is 0 Å². The molecule has 1 saturated heterocycles. The monoisotopic (exact) mass is 224 g/mol. The number of allylic oxidation sites excluding steroid dienone is 1. The molecular weight excluding hydrogens is 199 g/mol. The van der Waals surface area contributed by atoms with E-state index in [2.05, 4.69) is 41.2 Å². The van der Waals surface area contributed by atoms with Gasteiger partial charge in [0.15, 0.2) is 0 Å². The summed E-state index contributed by atoms with van der Waals surface area (Å²) in [5, 5.41) is 0. The molecule has 2 nitrogen and oxygen atoms in total. The first kappa shape index (κ1) is 13.8. The van der Waals surface area contributed by atoms with Gasteiger partial charge in [0.1, 0.15) is 0 Å². The molecule has 1 fully saturated rings. The Morgan fingerprint density at radius 2 is 1.56 bits per heavy atom. The summed E-state index contributed by atoms with van der Waals surface area (Å²) in [5.74, 6) is 0. The molecule has 0 bridgehead atoms. The van der Waals surface area contributed by atoms with Crippen LogP contribution < -0.4 is 0 Å². The first-order chi connectivity index (χ1) is 7.30. The molecule has 92 valence electrons. The Kier molecular flexibility index (Phi) is 4.25. The molecule has 0 spiro atoms. The molecule has 1 aliphatic heterocycles. The van der Waals surface area contributed by atoms with Crippen molar-refractivity contribution in [3.63, 3.8) is 0 Å². The van der Waals surface area contributed by atoms with Crippen molar-refractivity contribution in [1.29, 1.82) is 0 Å². The highest BCUT2D eigenvalue weighted by Crippen LogP contribution is 2.38. The van der Waals surface area contributed by atoms with Gasteiger partial charge in [0.25, 0.3) is 0 Å². The fourth-order valence-corrected chi connectivity index (χ4v) is 1.73. The average Bonchev–Trinajstić information content (AvgIpc) is 2.36. The lowest BCUT2D eigenvalue weighted by atomic mass is 9.76. The molecule has 0 aromatic rings. The third-order valence-electron chi connectivity index (χ3n) is 3.69. The first-order valence-corrected chi connectivity index (χ1v) is 6.33. The molecule has 0 unspecified atom stereocenters. The second kappa shape index (κ2) is 4.93.